The van der Waals surface area contributed by atoms with Crippen LogP contribution >= 0.6 is 11.3 Å². The van der Waals surface area contributed by atoms with E-state index < -0.39 is 0 Å². The van der Waals surface area contributed by atoms with Crippen molar-refractivity contribution in [1.82, 2.24) is 0 Å². The van der Waals surface area contributed by atoms with Gasteiger partial charge < -0.3 is 9.84 Å². The number of benzene rings is 3. The molecule has 0 atom stereocenters. The van der Waals surface area contributed by atoms with Crippen LogP contribution in [-0.2, 0) is 6.61 Å². The maximum Gasteiger partial charge on any atom is 0.143 e. The smallest absolute Gasteiger partial charge is 0.143 e. The summed E-state index contributed by atoms with van der Waals surface area (Å²) in [5, 5.41) is 11.9. The summed E-state index contributed by atoms with van der Waals surface area (Å²) in [5.74, 6) is 1.75. The minimum absolute atomic E-state index is 0.0591. The van der Waals surface area contributed by atoms with Crippen molar-refractivity contribution >= 4 is 22.1 Å². The Morgan fingerprint density at radius 1 is 0.833 bits per heavy atom. The zero-order valence-electron chi connectivity index (χ0n) is 12.8. The average molecular weight is 330 g/mol. The lowest BCUT2D eigenvalue weighted by molar-refractivity contribution is 0.285. The third-order valence-corrected chi connectivity index (χ3v) is 5.61. The first-order chi connectivity index (χ1) is 11.8. The van der Waals surface area contributed by atoms with Crippen molar-refractivity contribution in [3.63, 3.8) is 0 Å². The summed E-state index contributed by atoms with van der Waals surface area (Å²) in [7, 11) is 0. The molecule has 1 aliphatic rings. The summed E-state index contributed by atoms with van der Waals surface area (Å²) in [6.07, 6.45) is 0. The first kappa shape index (κ1) is 13.8. The van der Waals surface area contributed by atoms with Crippen molar-refractivity contribution in [3.8, 4) is 33.1 Å². The predicted octanol–water partition coefficient (Wildman–Crippen LogP) is 5.83. The van der Waals surface area contributed by atoms with Crippen LogP contribution in [0.25, 0.3) is 32.3 Å². The summed E-state index contributed by atoms with van der Waals surface area (Å²) in [6, 6.07) is 22.7. The standard InChI is InChI=1S/C21H14O2S/c22-12-14-11-18-16-7-3-4-8-19(16)23-20-15-6-2-1-5-13(15)9-10-17(20)21(18)24-14/h1-11,22H,12H2. The number of hydrogen-bond acceptors (Lipinski definition) is 3. The molecule has 1 aliphatic heterocycles. The number of ether oxygens (including phenoxy) is 1. The van der Waals surface area contributed by atoms with Crippen LogP contribution in [0.3, 0.4) is 0 Å². The highest BCUT2D eigenvalue weighted by atomic mass is 32.1. The third kappa shape index (κ3) is 1.92. The first-order valence-electron chi connectivity index (χ1n) is 7.88. The molecule has 0 spiro atoms. The van der Waals surface area contributed by atoms with Gasteiger partial charge in [-0.2, -0.15) is 0 Å². The number of rotatable bonds is 1. The molecule has 1 aromatic heterocycles. The van der Waals surface area contributed by atoms with Gasteiger partial charge in [0, 0.05) is 31.8 Å². The van der Waals surface area contributed by atoms with E-state index in [2.05, 4.69) is 36.4 Å². The lowest BCUT2D eigenvalue weighted by atomic mass is 10.00. The van der Waals surface area contributed by atoms with Crippen molar-refractivity contribution in [2.75, 3.05) is 0 Å². The molecule has 0 radical (unpaired) electrons. The van der Waals surface area contributed by atoms with Crippen molar-refractivity contribution in [3.05, 3.63) is 71.6 Å². The highest BCUT2D eigenvalue weighted by Crippen LogP contribution is 2.51. The summed E-state index contributed by atoms with van der Waals surface area (Å²) in [6.45, 7) is 0.0591. The van der Waals surface area contributed by atoms with E-state index in [4.69, 9.17) is 4.74 Å². The molecule has 3 aromatic carbocycles. The minimum atomic E-state index is 0.0591. The van der Waals surface area contributed by atoms with E-state index in [1.807, 2.05) is 30.3 Å². The zero-order valence-corrected chi connectivity index (χ0v) is 13.6. The maximum atomic E-state index is 9.60. The first-order valence-corrected chi connectivity index (χ1v) is 8.70. The maximum absolute atomic E-state index is 9.60. The van der Waals surface area contributed by atoms with Crippen LogP contribution in [-0.4, -0.2) is 5.11 Å². The number of fused-ring (bicyclic) bond motifs is 7. The SMILES string of the molecule is OCc1cc2c(s1)-c1ccc3ccccc3c1Oc1ccccc1-2. The summed E-state index contributed by atoms with van der Waals surface area (Å²) < 4.78 is 6.37. The Morgan fingerprint density at radius 3 is 2.58 bits per heavy atom. The Bertz CT molecular complexity index is 1080. The molecule has 24 heavy (non-hydrogen) atoms. The van der Waals surface area contributed by atoms with E-state index in [0.717, 1.165) is 48.7 Å². The third-order valence-electron chi connectivity index (χ3n) is 4.45. The number of hydrogen-bond donors (Lipinski definition) is 1. The van der Waals surface area contributed by atoms with Crippen molar-refractivity contribution in [1.29, 1.82) is 0 Å². The van der Waals surface area contributed by atoms with Gasteiger partial charge in [-0.3, -0.25) is 0 Å². The zero-order chi connectivity index (χ0) is 16.1. The van der Waals surface area contributed by atoms with Gasteiger partial charge in [-0.05, 0) is 23.6 Å². The van der Waals surface area contributed by atoms with E-state index in [1.165, 1.54) is 0 Å². The molecule has 1 N–H and O–H groups in total. The second-order valence-electron chi connectivity index (χ2n) is 5.88. The van der Waals surface area contributed by atoms with Crippen LogP contribution in [0.2, 0.25) is 0 Å². The van der Waals surface area contributed by atoms with E-state index >= 15 is 0 Å². The molecule has 3 heteroatoms. The lowest BCUT2D eigenvalue weighted by Crippen LogP contribution is -1.88. The molecular formula is C21H14O2S. The van der Waals surface area contributed by atoms with Crippen LogP contribution < -0.4 is 4.74 Å². The van der Waals surface area contributed by atoms with Gasteiger partial charge >= 0.3 is 0 Å². The van der Waals surface area contributed by atoms with Crippen LogP contribution in [0.5, 0.6) is 11.5 Å². The second-order valence-corrected chi connectivity index (χ2v) is 7.01. The topological polar surface area (TPSA) is 29.5 Å². The fourth-order valence-electron chi connectivity index (χ4n) is 3.34. The molecule has 116 valence electrons. The molecule has 0 amide bonds. The van der Waals surface area contributed by atoms with Gasteiger partial charge in [-0.15, -0.1) is 11.3 Å². The fourth-order valence-corrected chi connectivity index (χ4v) is 4.39. The highest BCUT2D eigenvalue weighted by molar-refractivity contribution is 7.16. The Kier molecular flexibility index (Phi) is 2.98. The van der Waals surface area contributed by atoms with Crippen LogP contribution in [0.4, 0.5) is 0 Å². The fraction of sp³-hybridized carbons (Fsp3) is 0.0476. The van der Waals surface area contributed by atoms with Crippen LogP contribution in [0.1, 0.15) is 4.88 Å². The molecule has 0 unspecified atom stereocenters. The Morgan fingerprint density at radius 2 is 1.67 bits per heavy atom. The molecular weight excluding hydrogens is 316 g/mol. The van der Waals surface area contributed by atoms with E-state index in [1.54, 1.807) is 11.3 Å². The van der Waals surface area contributed by atoms with Gasteiger partial charge in [0.1, 0.15) is 11.5 Å². The Labute approximate surface area is 143 Å². The molecule has 0 bridgehead atoms. The van der Waals surface area contributed by atoms with Gasteiger partial charge in [0.05, 0.1) is 6.61 Å². The molecule has 0 saturated carbocycles. The van der Waals surface area contributed by atoms with E-state index in [-0.39, 0.29) is 6.61 Å². The monoisotopic (exact) mass is 330 g/mol. The van der Waals surface area contributed by atoms with Crippen molar-refractivity contribution in [2.45, 2.75) is 6.61 Å². The Hall–Kier alpha value is -2.62. The van der Waals surface area contributed by atoms with E-state index in [0.29, 0.717) is 0 Å². The van der Waals surface area contributed by atoms with Crippen LogP contribution in [0.15, 0.2) is 66.7 Å². The minimum Gasteiger partial charge on any atom is -0.455 e. The molecule has 0 saturated heterocycles. The van der Waals surface area contributed by atoms with Crippen molar-refractivity contribution < 1.29 is 9.84 Å². The molecule has 0 aliphatic carbocycles. The average Bonchev–Trinajstić information content (AvgIpc) is 3.01. The lowest BCUT2D eigenvalue weighted by Gasteiger charge is -2.12. The molecule has 2 heterocycles. The molecule has 4 aromatic rings. The van der Waals surface area contributed by atoms with Gasteiger partial charge in [0.2, 0.25) is 0 Å². The quantitative estimate of drug-likeness (QED) is 0.419. The largest absolute Gasteiger partial charge is 0.455 e. The van der Waals surface area contributed by atoms with Gasteiger partial charge in [-0.1, -0.05) is 48.5 Å². The van der Waals surface area contributed by atoms with Crippen LogP contribution in [0, 0.1) is 0 Å². The normalized spacial score (nSPS) is 12.0. The highest BCUT2D eigenvalue weighted by Gasteiger charge is 2.24. The number of para-hydroxylation sites is 1. The molecule has 2 nitrogen and oxygen atoms in total. The summed E-state index contributed by atoms with van der Waals surface area (Å²) in [5.41, 5.74) is 3.29. The number of aliphatic hydroxyl groups is 1. The van der Waals surface area contributed by atoms with Gasteiger partial charge in [0.15, 0.2) is 0 Å². The molecule has 5 rings (SSSR count). The summed E-state index contributed by atoms with van der Waals surface area (Å²) >= 11 is 1.63. The van der Waals surface area contributed by atoms with Gasteiger partial charge in [0.25, 0.3) is 0 Å². The predicted molar refractivity (Wildman–Crippen MR) is 98.7 cm³/mol. The number of aliphatic hydroxyl groups excluding tert-OH is 1. The summed E-state index contributed by atoms with van der Waals surface area (Å²) in [4.78, 5) is 2.13. The number of thiophene rings is 1. The van der Waals surface area contributed by atoms with Gasteiger partial charge in [-0.25, -0.2) is 0 Å². The van der Waals surface area contributed by atoms with E-state index in [9.17, 15) is 5.11 Å². The van der Waals surface area contributed by atoms with Crippen molar-refractivity contribution in [2.24, 2.45) is 0 Å². The Balaban J connectivity index is 1.92. The molecule has 0 fully saturated rings. The second kappa shape index (κ2) is 5.20.